The van der Waals surface area contributed by atoms with E-state index in [0.29, 0.717) is 28.8 Å². The van der Waals surface area contributed by atoms with Gasteiger partial charge in [0.1, 0.15) is 0 Å². The number of nitrogens with one attached hydrogen (secondary N) is 1. The van der Waals surface area contributed by atoms with E-state index in [1.165, 1.54) is 22.7 Å². The van der Waals surface area contributed by atoms with E-state index < -0.39 is 0 Å². The smallest absolute Gasteiger partial charge is 0.234 e. The highest BCUT2D eigenvalue weighted by molar-refractivity contribution is 7.99. The number of anilines is 1. The van der Waals surface area contributed by atoms with Crippen LogP contribution in [0.5, 0.6) is 0 Å². The quantitative estimate of drug-likeness (QED) is 0.513. The molecule has 1 aromatic carbocycles. The first kappa shape index (κ1) is 16.6. The van der Waals surface area contributed by atoms with Crippen molar-refractivity contribution in [1.82, 2.24) is 14.9 Å². The molecule has 0 saturated carbocycles. The summed E-state index contributed by atoms with van der Waals surface area (Å²) in [5, 5.41) is 19.8. The van der Waals surface area contributed by atoms with Gasteiger partial charge in [-0.3, -0.25) is 4.79 Å². The molecular weight excluding hydrogens is 340 g/mol. The maximum absolute atomic E-state index is 12.0. The second-order valence-corrected chi connectivity index (χ2v) is 5.96. The predicted molar refractivity (Wildman–Crippen MR) is 93.0 cm³/mol. The van der Waals surface area contributed by atoms with E-state index in [2.05, 4.69) is 21.6 Å². The lowest BCUT2D eigenvalue weighted by Crippen LogP contribution is -2.16. The van der Waals surface area contributed by atoms with Gasteiger partial charge in [-0.25, -0.2) is 4.68 Å². The number of rotatable bonds is 6. The third kappa shape index (κ3) is 3.99. The van der Waals surface area contributed by atoms with Crippen molar-refractivity contribution >= 4 is 23.4 Å². The Bertz CT molecular complexity index is 896. The summed E-state index contributed by atoms with van der Waals surface area (Å²) in [5.41, 5.74) is 1.56. The van der Waals surface area contributed by atoms with Crippen LogP contribution in [0.25, 0.3) is 11.6 Å². The highest BCUT2D eigenvalue weighted by Gasteiger charge is 2.15. The first-order valence-electron chi connectivity index (χ1n) is 7.30. The van der Waals surface area contributed by atoms with Gasteiger partial charge in [-0.05, 0) is 29.8 Å². The molecule has 1 amide bonds. The molecule has 9 heteroatoms. The molecule has 0 aliphatic rings. The van der Waals surface area contributed by atoms with Crippen LogP contribution < -0.4 is 11.2 Å². The molecule has 0 unspecified atom stereocenters. The van der Waals surface area contributed by atoms with Crippen molar-refractivity contribution in [1.29, 1.82) is 5.26 Å². The number of furan rings is 1. The molecule has 0 fully saturated rings. The lowest BCUT2D eigenvalue weighted by atomic mass is 10.1. The third-order valence-electron chi connectivity index (χ3n) is 3.26. The molecule has 3 N–H and O–H groups in total. The summed E-state index contributed by atoms with van der Waals surface area (Å²) in [6.45, 7) is 0. The minimum atomic E-state index is -0.194. The van der Waals surface area contributed by atoms with Crippen LogP contribution in [0.4, 0.5) is 5.69 Å². The van der Waals surface area contributed by atoms with E-state index >= 15 is 0 Å². The van der Waals surface area contributed by atoms with E-state index in [1.807, 2.05) is 0 Å². The number of nitrogens with two attached hydrogens (primary N) is 1. The fraction of sp³-hybridized carbons (Fsp3) is 0.125. The fourth-order valence-corrected chi connectivity index (χ4v) is 2.73. The first-order chi connectivity index (χ1) is 12.2. The molecule has 3 aromatic rings. The second kappa shape index (κ2) is 7.55. The van der Waals surface area contributed by atoms with E-state index in [4.69, 9.17) is 15.5 Å². The molecule has 8 nitrogen and oxygen atoms in total. The van der Waals surface area contributed by atoms with Gasteiger partial charge in [0.25, 0.3) is 0 Å². The number of nitrogen functional groups attached to an aromatic ring is 1. The first-order valence-corrected chi connectivity index (χ1v) is 8.29. The average molecular weight is 354 g/mol. The molecule has 0 saturated heterocycles. The van der Waals surface area contributed by atoms with Gasteiger partial charge in [-0.15, -0.1) is 10.2 Å². The minimum absolute atomic E-state index is 0.132. The summed E-state index contributed by atoms with van der Waals surface area (Å²) >= 11 is 1.17. The highest BCUT2D eigenvalue weighted by Crippen LogP contribution is 2.22. The maximum Gasteiger partial charge on any atom is 0.234 e. The highest BCUT2D eigenvalue weighted by atomic mass is 32.2. The number of aromatic nitrogens is 3. The lowest BCUT2D eigenvalue weighted by Gasteiger charge is -2.05. The number of hydrogen-bond donors (Lipinski definition) is 2. The molecule has 0 aliphatic heterocycles. The normalized spacial score (nSPS) is 10.4. The van der Waals surface area contributed by atoms with Crippen LogP contribution in [-0.2, 0) is 11.2 Å². The molecule has 25 heavy (non-hydrogen) atoms. The Morgan fingerprint density at radius 3 is 2.80 bits per heavy atom. The van der Waals surface area contributed by atoms with Gasteiger partial charge < -0.3 is 15.6 Å². The number of amides is 1. The summed E-state index contributed by atoms with van der Waals surface area (Å²) < 4.78 is 6.52. The standard InChI is InChI=1S/C16H14N6O2S/c17-8-7-11-3-5-12(6-4-11)19-14(23)10-25-16-21-20-15(22(16)18)13-2-1-9-24-13/h1-6,9H,7,10,18H2,(H,19,23). The van der Waals surface area contributed by atoms with Gasteiger partial charge in [-0.2, -0.15) is 5.26 Å². The van der Waals surface area contributed by atoms with Gasteiger partial charge >= 0.3 is 0 Å². The number of benzene rings is 1. The molecule has 2 aromatic heterocycles. The van der Waals surface area contributed by atoms with Crippen LogP contribution in [0.15, 0.2) is 52.2 Å². The van der Waals surface area contributed by atoms with Crippen molar-refractivity contribution in [3.05, 3.63) is 48.2 Å². The summed E-state index contributed by atoms with van der Waals surface area (Å²) in [6, 6.07) is 12.7. The number of thioether (sulfide) groups is 1. The number of hydrogen-bond acceptors (Lipinski definition) is 7. The predicted octanol–water partition coefficient (Wildman–Crippen LogP) is 2.05. The van der Waals surface area contributed by atoms with Crippen molar-refractivity contribution in [3.8, 4) is 17.7 Å². The molecule has 0 radical (unpaired) electrons. The zero-order valence-corrected chi connectivity index (χ0v) is 13.9. The summed E-state index contributed by atoms with van der Waals surface area (Å²) in [5.74, 6) is 6.76. The SMILES string of the molecule is N#CCc1ccc(NC(=O)CSc2nnc(-c3ccco3)n2N)cc1. The monoisotopic (exact) mass is 354 g/mol. The molecule has 0 bridgehead atoms. The summed E-state index contributed by atoms with van der Waals surface area (Å²) in [4.78, 5) is 12.0. The van der Waals surface area contributed by atoms with Crippen LogP contribution in [0.3, 0.4) is 0 Å². The number of nitrogens with zero attached hydrogens (tertiary/aromatic N) is 4. The van der Waals surface area contributed by atoms with Crippen LogP contribution in [-0.4, -0.2) is 26.5 Å². The number of carbonyl (C=O) groups excluding carboxylic acids is 1. The van der Waals surface area contributed by atoms with Crippen LogP contribution in [0.1, 0.15) is 5.56 Å². The number of nitriles is 1. The molecule has 0 spiro atoms. The molecule has 2 heterocycles. The van der Waals surface area contributed by atoms with Crippen molar-refractivity contribution in [2.45, 2.75) is 11.6 Å². The Kier molecular flexibility index (Phi) is 5.01. The van der Waals surface area contributed by atoms with Gasteiger partial charge in [0.15, 0.2) is 5.76 Å². The third-order valence-corrected chi connectivity index (χ3v) is 4.20. The second-order valence-electron chi connectivity index (χ2n) is 5.02. The van der Waals surface area contributed by atoms with Crippen molar-refractivity contribution < 1.29 is 9.21 Å². The van der Waals surface area contributed by atoms with Gasteiger partial charge in [0.2, 0.25) is 16.9 Å². The van der Waals surface area contributed by atoms with Crippen molar-refractivity contribution in [2.24, 2.45) is 0 Å². The van der Waals surface area contributed by atoms with Crippen molar-refractivity contribution in [3.63, 3.8) is 0 Å². The Morgan fingerprint density at radius 1 is 1.32 bits per heavy atom. The topological polar surface area (TPSA) is 123 Å². The molecule has 126 valence electrons. The Labute approximate surface area is 147 Å². The van der Waals surface area contributed by atoms with Crippen LogP contribution in [0.2, 0.25) is 0 Å². The average Bonchev–Trinajstić information content (AvgIpc) is 3.25. The van der Waals surface area contributed by atoms with Crippen molar-refractivity contribution in [2.75, 3.05) is 16.9 Å². The minimum Gasteiger partial charge on any atom is -0.461 e. The summed E-state index contributed by atoms with van der Waals surface area (Å²) in [7, 11) is 0. The largest absolute Gasteiger partial charge is 0.461 e. The lowest BCUT2D eigenvalue weighted by molar-refractivity contribution is -0.113. The van der Waals surface area contributed by atoms with Crippen LogP contribution in [0, 0.1) is 11.3 Å². The van der Waals surface area contributed by atoms with Crippen LogP contribution >= 0.6 is 11.8 Å². The molecule has 0 aliphatic carbocycles. The summed E-state index contributed by atoms with van der Waals surface area (Å²) in [6.07, 6.45) is 1.86. The maximum atomic E-state index is 12.0. The Hall–Kier alpha value is -3.25. The van der Waals surface area contributed by atoms with E-state index in [1.54, 1.807) is 36.4 Å². The Morgan fingerprint density at radius 2 is 2.12 bits per heavy atom. The fourth-order valence-electron chi connectivity index (χ4n) is 2.07. The molecule has 0 atom stereocenters. The van der Waals surface area contributed by atoms with E-state index in [-0.39, 0.29) is 11.7 Å². The number of carbonyl (C=O) groups is 1. The molecule has 3 rings (SSSR count). The van der Waals surface area contributed by atoms with Gasteiger partial charge in [-0.1, -0.05) is 23.9 Å². The van der Waals surface area contributed by atoms with E-state index in [0.717, 1.165) is 5.56 Å². The Balaban J connectivity index is 1.57. The van der Waals surface area contributed by atoms with Gasteiger partial charge in [0.05, 0.1) is 24.5 Å². The van der Waals surface area contributed by atoms with Gasteiger partial charge in [0, 0.05) is 5.69 Å². The van der Waals surface area contributed by atoms with E-state index in [9.17, 15) is 4.79 Å². The zero-order chi connectivity index (χ0) is 17.6. The zero-order valence-electron chi connectivity index (χ0n) is 13.0. The molecular formula is C16H14N6O2S.